The molecule has 0 spiro atoms. The highest BCUT2D eigenvalue weighted by molar-refractivity contribution is 6.01. The molecule has 0 saturated heterocycles. The van der Waals surface area contributed by atoms with Crippen LogP contribution in [-0.4, -0.2) is 33.3 Å². The number of esters is 2. The van der Waals surface area contributed by atoms with Crippen LogP contribution in [0.5, 0.6) is 5.75 Å². The van der Waals surface area contributed by atoms with Gasteiger partial charge in [-0.3, -0.25) is 9.59 Å². The van der Waals surface area contributed by atoms with Crippen LogP contribution >= 0.6 is 0 Å². The normalized spacial score (nSPS) is 12.2. The highest BCUT2D eigenvalue weighted by Crippen LogP contribution is 2.39. The third-order valence-electron chi connectivity index (χ3n) is 3.55. The second-order valence-electron chi connectivity index (χ2n) is 4.67. The van der Waals surface area contributed by atoms with Gasteiger partial charge < -0.3 is 14.2 Å². The monoisotopic (exact) mass is 292 g/mol. The van der Waals surface area contributed by atoms with Gasteiger partial charge in [0.05, 0.1) is 21.3 Å². The van der Waals surface area contributed by atoms with E-state index in [-0.39, 0.29) is 0 Å². The Hall–Kier alpha value is -2.30. The molecule has 114 valence electrons. The minimum Gasteiger partial charge on any atom is -0.497 e. The van der Waals surface area contributed by atoms with Crippen LogP contribution in [0.25, 0.3) is 0 Å². The van der Waals surface area contributed by atoms with E-state index in [2.05, 4.69) is 6.58 Å². The van der Waals surface area contributed by atoms with E-state index < -0.39 is 23.3 Å². The smallest absolute Gasteiger partial charge is 0.323 e. The molecule has 0 fully saturated rings. The zero-order valence-electron chi connectivity index (χ0n) is 12.7. The van der Waals surface area contributed by atoms with Crippen molar-refractivity contribution in [3.63, 3.8) is 0 Å². The molecule has 5 nitrogen and oxygen atoms in total. The first kappa shape index (κ1) is 16.8. The molecule has 5 heteroatoms. The molecule has 1 atom stereocenters. The lowest BCUT2D eigenvalue weighted by Crippen LogP contribution is -2.43. The Kier molecular flexibility index (Phi) is 5.52. The van der Waals surface area contributed by atoms with Crippen molar-refractivity contribution in [2.45, 2.75) is 12.8 Å². The molecule has 1 rings (SSSR count). The Morgan fingerprint density at radius 2 is 1.57 bits per heavy atom. The first-order valence-electron chi connectivity index (χ1n) is 6.39. The molecule has 0 radical (unpaired) electrons. The van der Waals surface area contributed by atoms with Crippen LogP contribution < -0.4 is 4.74 Å². The first-order valence-corrected chi connectivity index (χ1v) is 6.39. The van der Waals surface area contributed by atoms with Crippen LogP contribution in [0, 0.1) is 5.41 Å². The van der Waals surface area contributed by atoms with Crippen molar-refractivity contribution in [1.82, 2.24) is 0 Å². The van der Waals surface area contributed by atoms with Crippen molar-refractivity contribution in [3.8, 4) is 5.75 Å². The van der Waals surface area contributed by atoms with Gasteiger partial charge in [0.15, 0.2) is 5.41 Å². The van der Waals surface area contributed by atoms with E-state index in [0.29, 0.717) is 5.75 Å². The number of carbonyl (C=O) groups excluding carboxylic acids is 2. The minimum absolute atomic E-state index is 0.580. The molecular formula is C16H20O5. The highest BCUT2D eigenvalue weighted by atomic mass is 16.5. The van der Waals surface area contributed by atoms with Gasteiger partial charge in [-0.15, -0.1) is 6.58 Å². The van der Waals surface area contributed by atoms with Crippen LogP contribution in [0.2, 0.25) is 0 Å². The molecule has 21 heavy (non-hydrogen) atoms. The Morgan fingerprint density at radius 1 is 1.10 bits per heavy atom. The van der Waals surface area contributed by atoms with Gasteiger partial charge in [-0.2, -0.15) is 0 Å². The Bertz CT molecular complexity index is 502. The molecular weight excluding hydrogens is 272 g/mol. The zero-order chi connectivity index (χ0) is 16.0. The Labute approximate surface area is 124 Å². The number of benzene rings is 1. The quantitative estimate of drug-likeness (QED) is 0.457. The lowest BCUT2D eigenvalue weighted by atomic mass is 9.73. The third-order valence-corrected chi connectivity index (χ3v) is 3.55. The number of rotatable bonds is 6. The van der Waals surface area contributed by atoms with E-state index in [1.807, 2.05) is 0 Å². The SMILES string of the molecule is C=C[C@@H](c1ccc(OC)cc1)C(C)(C(=O)OC)C(=O)OC. The molecule has 0 unspecified atom stereocenters. The maximum atomic E-state index is 12.1. The van der Waals surface area contributed by atoms with Gasteiger partial charge in [0.1, 0.15) is 5.75 Å². The van der Waals surface area contributed by atoms with E-state index in [4.69, 9.17) is 14.2 Å². The van der Waals surface area contributed by atoms with Crippen LogP contribution in [0.3, 0.4) is 0 Å². The van der Waals surface area contributed by atoms with Crippen molar-refractivity contribution in [1.29, 1.82) is 0 Å². The summed E-state index contributed by atoms with van der Waals surface area (Å²) < 4.78 is 14.6. The maximum absolute atomic E-state index is 12.1. The van der Waals surface area contributed by atoms with Crippen molar-refractivity contribution in [3.05, 3.63) is 42.5 Å². The van der Waals surface area contributed by atoms with Crippen molar-refractivity contribution < 1.29 is 23.8 Å². The summed E-state index contributed by atoms with van der Waals surface area (Å²) >= 11 is 0. The predicted molar refractivity (Wildman–Crippen MR) is 78.1 cm³/mol. The fourth-order valence-corrected chi connectivity index (χ4v) is 2.28. The minimum atomic E-state index is -1.50. The largest absolute Gasteiger partial charge is 0.497 e. The number of carbonyl (C=O) groups is 2. The second-order valence-corrected chi connectivity index (χ2v) is 4.67. The lowest BCUT2D eigenvalue weighted by Gasteiger charge is -2.30. The standard InChI is InChI=1S/C16H20O5/c1-6-13(11-7-9-12(19-3)10-8-11)16(2,14(17)20-4)15(18)21-5/h6-10,13H,1H2,2-5H3/t13-/m0/s1. The maximum Gasteiger partial charge on any atom is 0.323 e. The molecule has 0 heterocycles. The van der Waals surface area contributed by atoms with Gasteiger partial charge in [-0.1, -0.05) is 18.2 Å². The lowest BCUT2D eigenvalue weighted by molar-refractivity contribution is -0.168. The van der Waals surface area contributed by atoms with E-state index in [1.165, 1.54) is 27.2 Å². The Balaban J connectivity index is 3.33. The van der Waals surface area contributed by atoms with Gasteiger partial charge in [0.25, 0.3) is 0 Å². The van der Waals surface area contributed by atoms with Gasteiger partial charge >= 0.3 is 11.9 Å². The summed E-state index contributed by atoms with van der Waals surface area (Å²) in [7, 11) is 4.03. The Morgan fingerprint density at radius 3 is 1.90 bits per heavy atom. The molecule has 0 aromatic heterocycles. The average Bonchev–Trinajstić information content (AvgIpc) is 2.54. The van der Waals surface area contributed by atoms with Crippen LogP contribution in [-0.2, 0) is 19.1 Å². The summed E-state index contributed by atoms with van der Waals surface area (Å²) in [4.78, 5) is 24.3. The molecule has 0 amide bonds. The van der Waals surface area contributed by atoms with Crippen LogP contribution in [0.1, 0.15) is 18.4 Å². The number of methoxy groups -OCH3 is 3. The summed E-state index contributed by atoms with van der Waals surface area (Å²) in [6.07, 6.45) is 1.54. The molecule has 0 saturated carbocycles. The molecule has 0 aliphatic heterocycles. The number of allylic oxidation sites excluding steroid dienone is 1. The van der Waals surface area contributed by atoms with Crippen molar-refractivity contribution >= 4 is 11.9 Å². The zero-order valence-corrected chi connectivity index (χ0v) is 12.7. The van der Waals surface area contributed by atoms with Gasteiger partial charge in [0, 0.05) is 5.92 Å². The molecule has 1 aromatic carbocycles. The summed E-state index contributed by atoms with van der Waals surface area (Å²) in [5.74, 6) is -1.24. The fraction of sp³-hybridized carbons (Fsp3) is 0.375. The van der Waals surface area contributed by atoms with E-state index in [9.17, 15) is 9.59 Å². The third kappa shape index (κ3) is 3.07. The molecule has 0 N–H and O–H groups in total. The first-order chi connectivity index (χ1) is 9.95. The second kappa shape index (κ2) is 6.92. The van der Waals surface area contributed by atoms with Gasteiger partial charge in [-0.05, 0) is 24.6 Å². The summed E-state index contributed by atoms with van der Waals surface area (Å²) in [6, 6.07) is 7.05. The molecule has 0 aliphatic rings. The van der Waals surface area contributed by atoms with E-state index in [0.717, 1.165) is 5.56 Å². The summed E-state index contributed by atoms with van der Waals surface area (Å²) in [5, 5.41) is 0. The molecule has 0 aliphatic carbocycles. The van der Waals surface area contributed by atoms with Crippen molar-refractivity contribution in [2.24, 2.45) is 5.41 Å². The molecule has 0 bridgehead atoms. The fourth-order valence-electron chi connectivity index (χ4n) is 2.28. The summed E-state index contributed by atoms with van der Waals surface area (Å²) in [6.45, 7) is 5.22. The molecule has 1 aromatic rings. The number of hydrogen-bond donors (Lipinski definition) is 0. The number of hydrogen-bond acceptors (Lipinski definition) is 5. The van der Waals surface area contributed by atoms with Crippen LogP contribution in [0.4, 0.5) is 0 Å². The number of ether oxygens (including phenoxy) is 3. The van der Waals surface area contributed by atoms with E-state index in [1.54, 1.807) is 31.4 Å². The highest BCUT2D eigenvalue weighted by Gasteiger charge is 2.49. The average molecular weight is 292 g/mol. The predicted octanol–water partition coefficient (Wildman–Crippen LogP) is 2.32. The summed E-state index contributed by atoms with van der Waals surface area (Å²) in [5.41, 5.74) is -0.760. The van der Waals surface area contributed by atoms with Gasteiger partial charge in [0.2, 0.25) is 0 Å². The van der Waals surface area contributed by atoms with E-state index >= 15 is 0 Å². The van der Waals surface area contributed by atoms with Crippen molar-refractivity contribution in [2.75, 3.05) is 21.3 Å². The van der Waals surface area contributed by atoms with Gasteiger partial charge in [-0.25, -0.2) is 0 Å². The van der Waals surface area contributed by atoms with Crippen LogP contribution in [0.15, 0.2) is 36.9 Å². The topological polar surface area (TPSA) is 61.8 Å².